The van der Waals surface area contributed by atoms with Gasteiger partial charge < -0.3 is 14.2 Å². The summed E-state index contributed by atoms with van der Waals surface area (Å²) in [7, 11) is -1.22. The Kier molecular flexibility index (Phi) is 8.91. The smallest absolute Gasteiger partial charge is 0.264 e. The number of aryl methyl sites for hydroxylation is 1. The van der Waals surface area contributed by atoms with Gasteiger partial charge in [-0.1, -0.05) is 17.7 Å². The van der Waals surface area contributed by atoms with Crippen molar-refractivity contribution in [1.29, 1.82) is 0 Å². The molecular weight excluding hydrogens is 482 g/mol. The van der Waals surface area contributed by atoms with E-state index in [9.17, 15) is 13.2 Å². The normalized spacial score (nSPS) is 11.2. The summed E-state index contributed by atoms with van der Waals surface area (Å²) in [4.78, 5) is 12.8. The van der Waals surface area contributed by atoms with Crippen molar-refractivity contribution in [2.45, 2.75) is 18.7 Å². The van der Waals surface area contributed by atoms with Crippen molar-refractivity contribution in [2.24, 2.45) is 5.10 Å². The van der Waals surface area contributed by atoms with E-state index in [-0.39, 0.29) is 16.3 Å². The van der Waals surface area contributed by atoms with Gasteiger partial charge in [-0.3, -0.25) is 9.10 Å². The molecule has 0 saturated heterocycles. The highest BCUT2D eigenvalue weighted by Crippen LogP contribution is 2.35. The van der Waals surface area contributed by atoms with Crippen LogP contribution in [0.15, 0.2) is 76.7 Å². The number of carbonyl (C=O) groups excluding carboxylic acids is 1. The quantitative estimate of drug-likeness (QED) is 0.310. The molecule has 3 rings (SSSR count). The van der Waals surface area contributed by atoms with Gasteiger partial charge in [-0.25, -0.2) is 13.8 Å². The molecule has 0 aromatic heterocycles. The molecule has 190 valence electrons. The van der Waals surface area contributed by atoms with E-state index in [2.05, 4.69) is 10.5 Å². The van der Waals surface area contributed by atoms with Crippen molar-refractivity contribution in [2.75, 3.05) is 31.7 Å². The summed E-state index contributed by atoms with van der Waals surface area (Å²) in [5.41, 5.74) is 4.22. The van der Waals surface area contributed by atoms with E-state index in [0.717, 1.165) is 21.2 Å². The van der Waals surface area contributed by atoms with Crippen LogP contribution >= 0.6 is 0 Å². The Bertz CT molecular complexity index is 1310. The van der Waals surface area contributed by atoms with Gasteiger partial charge in [0.05, 0.1) is 37.6 Å². The fourth-order valence-corrected chi connectivity index (χ4v) is 4.72. The molecule has 0 spiro atoms. The molecular formula is C26H29N3O6S. The number of sulfonamides is 1. The molecule has 3 aromatic rings. The number of hydrogen-bond donors (Lipinski definition) is 1. The molecule has 1 N–H and O–H groups in total. The van der Waals surface area contributed by atoms with Crippen LogP contribution in [0.2, 0.25) is 0 Å². The fraction of sp³-hybridized carbons (Fsp3) is 0.231. The zero-order valence-electron chi connectivity index (χ0n) is 20.6. The Morgan fingerprint density at radius 2 is 1.64 bits per heavy atom. The van der Waals surface area contributed by atoms with Crippen LogP contribution in [0.4, 0.5) is 5.69 Å². The monoisotopic (exact) mass is 511 g/mol. The lowest BCUT2D eigenvalue weighted by Crippen LogP contribution is -2.39. The third-order valence-electron chi connectivity index (χ3n) is 5.15. The highest BCUT2D eigenvalue weighted by Gasteiger charge is 2.29. The van der Waals surface area contributed by atoms with Gasteiger partial charge in [-0.15, -0.1) is 0 Å². The van der Waals surface area contributed by atoms with E-state index in [1.54, 1.807) is 48.5 Å². The maximum absolute atomic E-state index is 13.6. The second-order valence-electron chi connectivity index (χ2n) is 7.66. The van der Waals surface area contributed by atoms with E-state index >= 15 is 0 Å². The summed E-state index contributed by atoms with van der Waals surface area (Å²) in [5.74, 6) is 0.804. The number of hydrazone groups is 1. The van der Waals surface area contributed by atoms with Gasteiger partial charge in [0, 0.05) is 6.07 Å². The molecule has 0 bridgehead atoms. The summed E-state index contributed by atoms with van der Waals surface area (Å²) < 4.78 is 44.2. The molecule has 0 aliphatic carbocycles. The standard InChI is InChI=1S/C26H29N3O6S/c1-5-35-21-10-8-20(9-11-21)17-27-28-26(30)18-29(24-15-12-22(33-3)16-25(24)34-4)36(31,32)23-13-6-19(2)7-14-23/h6-17H,5,18H2,1-4H3,(H,28,30)/b27-17-. The number of nitrogens with zero attached hydrogens (tertiary/aromatic N) is 2. The maximum atomic E-state index is 13.6. The van der Waals surface area contributed by atoms with Crippen molar-refractivity contribution in [1.82, 2.24) is 5.43 Å². The highest BCUT2D eigenvalue weighted by atomic mass is 32.2. The third kappa shape index (κ3) is 6.54. The zero-order chi connectivity index (χ0) is 26.1. The van der Waals surface area contributed by atoms with Crippen LogP contribution in [0.5, 0.6) is 17.2 Å². The average Bonchev–Trinajstić information content (AvgIpc) is 2.88. The number of rotatable bonds is 11. The van der Waals surface area contributed by atoms with Crippen molar-refractivity contribution >= 4 is 27.8 Å². The zero-order valence-corrected chi connectivity index (χ0v) is 21.4. The summed E-state index contributed by atoms with van der Waals surface area (Å²) in [6, 6.07) is 18.2. The van der Waals surface area contributed by atoms with Crippen LogP contribution in [0, 0.1) is 6.92 Å². The Balaban J connectivity index is 1.87. The molecule has 0 radical (unpaired) electrons. The fourth-order valence-electron chi connectivity index (χ4n) is 3.29. The minimum absolute atomic E-state index is 0.0386. The van der Waals surface area contributed by atoms with Gasteiger partial charge in [-0.05, 0) is 67.9 Å². The first-order chi connectivity index (χ1) is 17.3. The predicted molar refractivity (Wildman–Crippen MR) is 139 cm³/mol. The molecule has 0 fully saturated rings. The minimum Gasteiger partial charge on any atom is -0.497 e. The number of hydrogen-bond acceptors (Lipinski definition) is 7. The number of anilines is 1. The van der Waals surface area contributed by atoms with Crippen molar-refractivity contribution in [3.05, 3.63) is 77.9 Å². The van der Waals surface area contributed by atoms with Crippen molar-refractivity contribution in [3.8, 4) is 17.2 Å². The van der Waals surface area contributed by atoms with Crippen molar-refractivity contribution in [3.63, 3.8) is 0 Å². The largest absolute Gasteiger partial charge is 0.497 e. The van der Waals surface area contributed by atoms with Gasteiger partial charge >= 0.3 is 0 Å². The summed E-state index contributed by atoms with van der Waals surface area (Å²) in [5, 5.41) is 3.96. The van der Waals surface area contributed by atoms with Gasteiger partial charge in [0.1, 0.15) is 23.8 Å². The second-order valence-corrected chi connectivity index (χ2v) is 9.52. The molecule has 0 aliphatic heterocycles. The lowest BCUT2D eigenvalue weighted by atomic mass is 10.2. The third-order valence-corrected chi connectivity index (χ3v) is 6.92. The molecule has 0 aliphatic rings. The Morgan fingerprint density at radius 3 is 2.25 bits per heavy atom. The lowest BCUT2D eigenvalue weighted by molar-refractivity contribution is -0.119. The molecule has 9 nitrogen and oxygen atoms in total. The van der Waals surface area contributed by atoms with Crippen LogP contribution in [-0.2, 0) is 14.8 Å². The van der Waals surface area contributed by atoms with Crippen LogP contribution in [0.3, 0.4) is 0 Å². The molecule has 0 heterocycles. The van der Waals surface area contributed by atoms with Gasteiger partial charge in [-0.2, -0.15) is 5.10 Å². The van der Waals surface area contributed by atoms with Gasteiger partial charge in [0.25, 0.3) is 15.9 Å². The average molecular weight is 512 g/mol. The molecule has 0 unspecified atom stereocenters. The lowest BCUT2D eigenvalue weighted by Gasteiger charge is -2.25. The first-order valence-electron chi connectivity index (χ1n) is 11.1. The van der Waals surface area contributed by atoms with Crippen LogP contribution in [0.1, 0.15) is 18.1 Å². The second kappa shape index (κ2) is 12.1. The number of nitrogens with one attached hydrogen (secondary N) is 1. The number of methoxy groups -OCH3 is 2. The molecule has 10 heteroatoms. The van der Waals surface area contributed by atoms with Gasteiger partial charge in [0.2, 0.25) is 0 Å². The number of benzene rings is 3. The summed E-state index contributed by atoms with van der Waals surface area (Å²) in [6.07, 6.45) is 1.46. The Labute approximate surface area is 211 Å². The number of amides is 1. The van der Waals surface area contributed by atoms with E-state index in [1.165, 1.54) is 38.6 Å². The Morgan fingerprint density at radius 1 is 0.972 bits per heavy atom. The molecule has 36 heavy (non-hydrogen) atoms. The molecule has 3 aromatic carbocycles. The molecule has 0 atom stereocenters. The summed E-state index contributed by atoms with van der Waals surface area (Å²) in [6.45, 7) is 3.79. The SMILES string of the molecule is CCOc1ccc(/C=N\NC(=O)CN(c2ccc(OC)cc2OC)S(=O)(=O)c2ccc(C)cc2)cc1. The van der Waals surface area contributed by atoms with Crippen LogP contribution in [-0.4, -0.2) is 47.9 Å². The van der Waals surface area contributed by atoms with Crippen LogP contribution < -0.4 is 23.9 Å². The van der Waals surface area contributed by atoms with E-state index in [1.807, 2.05) is 13.8 Å². The topological polar surface area (TPSA) is 107 Å². The number of carbonyl (C=O) groups is 1. The van der Waals surface area contributed by atoms with E-state index in [4.69, 9.17) is 14.2 Å². The maximum Gasteiger partial charge on any atom is 0.264 e. The van der Waals surface area contributed by atoms with Crippen molar-refractivity contribution < 1.29 is 27.4 Å². The minimum atomic E-state index is -4.12. The summed E-state index contributed by atoms with van der Waals surface area (Å²) >= 11 is 0. The van der Waals surface area contributed by atoms with Crippen LogP contribution in [0.25, 0.3) is 0 Å². The van der Waals surface area contributed by atoms with E-state index in [0.29, 0.717) is 12.4 Å². The van der Waals surface area contributed by atoms with Gasteiger partial charge in [0.15, 0.2) is 0 Å². The van der Waals surface area contributed by atoms with E-state index < -0.39 is 22.5 Å². The number of ether oxygens (including phenoxy) is 3. The first kappa shape index (κ1) is 26.6. The highest BCUT2D eigenvalue weighted by molar-refractivity contribution is 7.92. The predicted octanol–water partition coefficient (Wildman–Crippen LogP) is 3.76. The Hall–Kier alpha value is -4.05. The molecule has 1 amide bonds. The molecule has 0 saturated carbocycles. The first-order valence-corrected chi connectivity index (χ1v) is 12.6.